The van der Waals surface area contributed by atoms with Crippen LogP contribution in [0.15, 0.2) is 30.3 Å². The maximum absolute atomic E-state index is 14.5. The third-order valence-electron chi connectivity index (χ3n) is 10.1. The number of cyclic esters (lactones) is 1. The Balaban J connectivity index is 2.17. The van der Waals surface area contributed by atoms with Gasteiger partial charge >= 0.3 is 5.97 Å². The molecule has 16 nitrogen and oxygen atoms in total. The summed E-state index contributed by atoms with van der Waals surface area (Å²) in [7, 11) is 0. The number of carbonyl (C=O) groups is 8. The minimum absolute atomic E-state index is 0.0146. The summed E-state index contributed by atoms with van der Waals surface area (Å²) >= 11 is 0. The Hall–Kier alpha value is -5.02. The highest BCUT2D eigenvalue weighted by Gasteiger charge is 2.42. The summed E-state index contributed by atoms with van der Waals surface area (Å²) in [5, 5.41) is 16.2. The zero-order valence-electron chi connectivity index (χ0n) is 34.3. The molecule has 2 heterocycles. The lowest BCUT2D eigenvalue weighted by Crippen LogP contribution is -2.62. The first-order valence-corrected chi connectivity index (χ1v) is 19.6. The van der Waals surface area contributed by atoms with Gasteiger partial charge in [0.1, 0.15) is 48.4 Å². The number of amides is 7. The largest absolute Gasteiger partial charge is 0.458 e. The number of hydrogen-bond acceptors (Lipinski definition) is 9. The first kappa shape index (κ1) is 45.4. The average Bonchev–Trinajstić information content (AvgIpc) is 3.61. The molecule has 0 bridgehead atoms. The van der Waals surface area contributed by atoms with Gasteiger partial charge in [0.25, 0.3) is 0 Å². The summed E-state index contributed by atoms with van der Waals surface area (Å²) in [5.41, 5.74) is 0.696. The van der Waals surface area contributed by atoms with E-state index in [-0.39, 0.29) is 13.0 Å². The van der Waals surface area contributed by atoms with Crippen molar-refractivity contribution >= 4 is 47.3 Å². The van der Waals surface area contributed by atoms with Crippen LogP contribution in [0.4, 0.5) is 0 Å². The molecule has 1 aromatic rings. The molecule has 3 rings (SSSR count). The van der Waals surface area contributed by atoms with Gasteiger partial charge in [-0.15, -0.1) is 0 Å². The van der Waals surface area contributed by atoms with Crippen LogP contribution >= 0.6 is 0 Å². The molecule has 8 atom stereocenters. The lowest BCUT2D eigenvalue weighted by molar-refractivity contribution is -0.157. The van der Waals surface area contributed by atoms with Crippen molar-refractivity contribution in [1.82, 2.24) is 36.8 Å². The van der Waals surface area contributed by atoms with Crippen LogP contribution in [0.2, 0.25) is 0 Å². The van der Waals surface area contributed by atoms with E-state index >= 15 is 0 Å². The Morgan fingerprint density at radius 2 is 1.30 bits per heavy atom. The maximum Gasteiger partial charge on any atom is 0.329 e. The van der Waals surface area contributed by atoms with E-state index in [9.17, 15) is 38.4 Å². The molecule has 2 saturated heterocycles. The number of fused-ring (bicyclic) bond motifs is 1. The fourth-order valence-corrected chi connectivity index (χ4v) is 6.84. The van der Waals surface area contributed by atoms with E-state index in [1.807, 2.05) is 0 Å². The standard InChI is InChI=1S/C40H61N7O9/c1-20(2)29(41-25(10)48)35(50)46-33-24(9)56-40(55)32(23(7)8)45-37(52)31(22(5)6)44-36(51)30(21(3)4)43-34(49)28-17-14-18-47(28)39(54)27(42-38(33)53)19-26-15-12-11-13-16-26/h11-13,15-16,20-24,27-33H,14,17-19H2,1-10H3,(H,41,48)(H,42,53)(H,43,49)(H,44,51)(H,45,52)(H,46,50)/t24-,27+,28+,29+,30+,31+,32?,33+/m1/s1. The molecule has 1 aromatic carbocycles. The van der Waals surface area contributed by atoms with Crippen LogP contribution in [0, 0.1) is 23.7 Å². The molecule has 16 heteroatoms. The quantitative estimate of drug-likeness (QED) is 0.194. The lowest BCUT2D eigenvalue weighted by atomic mass is 9.98. The number of rotatable bonds is 9. The Morgan fingerprint density at radius 3 is 1.82 bits per heavy atom. The van der Waals surface area contributed by atoms with Crippen LogP contribution < -0.4 is 31.9 Å². The Kier molecular flexibility index (Phi) is 16.4. The number of benzene rings is 1. The SMILES string of the molecule is CC(=O)N[C@H](C(=O)N[C@@H]1C(=O)N[C@@H](Cc2ccccc2)C(=O)N2CCC[C@H]2C(=O)N[C@@H](C(C)C)C(=O)N[C@@H](C(C)C)C(=O)NC(C(C)C)C(=O)O[C@@H]1C)C(C)C. The maximum atomic E-state index is 14.5. The second-order valence-electron chi connectivity index (χ2n) is 16.2. The van der Waals surface area contributed by atoms with Gasteiger partial charge in [-0.2, -0.15) is 0 Å². The normalized spacial score (nSPS) is 26.6. The summed E-state index contributed by atoms with van der Waals surface area (Å²) in [6, 6.07) is 0.645. The molecular weight excluding hydrogens is 722 g/mol. The van der Waals surface area contributed by atoms with Crippen LogP contribution in [0.3, 0.4) is 0 Å². The van der Waals surface area contributed by atoms with E-state index in [1.165, 1.54) is 18.7 Å². The second-order valence-corrected chi connectivity index (χ2v) is 16.2. The van der Waals surface area contributed by atoms with E-state index in [2.05, 4.69) is 31.9 Å². The van der Waals surface area contributed by atoms with Crippen LogP contribution in [0.5, 0.6) is 0 Å². The second kappa shape index (κ2) is 20.2. The van der Waals surface area contributed by atoms with Crippen LogP contribution in [0.25, 0.3) is 0 Å². The monoisotopic (exact) mass is 783 g/mol. The fourth-order valence-electron chi connectivity index (χ4n) is 6.84. The van der Waals surface area contributed by atoms with Gasteiger partial charge in [-0.3, -0.25) is 33.6 Å². The van der Waals surface area contributed by atoms with Crippen molar-refractivity contribution < 1.29 is 43.1 Å². The van der Waals surface area contributed by atoms with Crippen molar-refractivity contribution in [2.75, 3.05) is 6.54 Å². The Bertz CT molecular complexity index is 1600. The minimum Gasteiger partial charge on any atom is -0.458 e. The average molecular weight is 784 g/mol. The molecule has 56 heavy (non-hydrogen) atoms. The van der Waals surface area contributed by atoms with E-state index < -0.39 is 119 Å². The van der Waals surface area contributed by atoms with Crippen LogP contribution in [-0.4, -0.2) is 107 Å². The number of carbonyl (C=O) groups excluding carboxylic acids is 8. The van der Waals surface area contributed by atoms with E-state index in [0.717, 1.165) is 0 Å². The van der Waals surface area contributed by atoms with Gasteiger partial charge in [-0.05, 0) is 49.0 Å². The molecule has 310 valence electrons. The van der Waals surface area contributed by atoms with Crippen LogP contribution in [-0.2, 0) is 49.5 Å². The number of hydrogen-bond donors (Lipinski definition) is 6. The fraction of sp³-hybridized carbons (Fsp3) is 0.650. The van der Waals surface area contributed by atoms with E-state index in [4.69, 9.17) is 4.74 Å². The highest BCUT2D eigenvalue weighted by atomic mass is 16.5. The highest BCUT2D eigenvalue weighted by Crippen LogP contribution is 2.21. The lowest BCUT2D eigenvalue weighted by Gasteiger charge is -2.32. The van der Waals surface area contributed by atoms with Gasteiger partial charge in [0.2, 0.25) is 41.4 Å². The van der Waals surface area contributed by atoms with Gasteiger partial charge in [0, 0.05) is 19.9 Å². The first-order valence-electron chi connectivity index (χ1n) is 19.6. The summed E-state index contributed by atoms with van der Waals surface area (Å²) in [6.07, 6.45) is -0.566. The molecule has 0 saturated carbocycles. The van der Waals surface area contributed by atoms with Crippen molar-refractivity contribution in [3.05, 3.63) is 35.9 Å². The topological polar surface area (TPSA) is 221 Å². The Morgan fingerprint density at radius 1 is 0.768 bits per heavy atom. The van der Waals surface area contributed by atoms with Crippen molar-refractivity contribution in [1.29, 1.82) is 0 Å². The van der Waals surface area contributed by atoms with Crippen LogP contribution in [0.1, 0.15) is 87.6 Å². The van der Waals surface area contributed by atoms with Gasteiger partial charge < -0.3 is 41.5 Å². The summed E-state index contributed by atoms with van der Waals surface area (Å²) in [4.78, 5) is 111. The highest BCUT2D eigenvalue weighted by molar-refractivity contribution is 5.98. The van der Waals surface area contributed by atoms with Crippen molar-refractivity contribution in [3.8, 4) is 0 Å². The van der Waals surface area contributed by atoms with E-state index in [0.29, 0.717) is 18.4 Å². The third-order valence-corrected chi connectivity index (χ3v) is 10.1. The van der Waals surface area contributed by atoms with Gasteiger partial charge in [-0.1, -0.05) is 85.7 Å². The molecule has 2 aliphatic heterocycles. The van der Waals surface area contributed by atoms with Gasteiger partial charge in [0.05, 0.1) is 0 Å². The smallest absolute Gasteiger partial charge is 0.329 e. The molecule has 1 unspecified atom stereocenters. The van der Waals surface area contributed by atoms with Gasteiger partial charge in [-0.25, -0.2) is 4.79 Å². The molecule has 0 aromatic heterocycles. The van der Waals surface area contributed by atoms with Crippen molar-refractivity contribution in [2.45, 2.75) is 137 Å². The number of nitrogens with zero attached hydrogens (tertiary/aromatic N) is 1. The summed E-state index contributed by atoms with van der Waals surface area (Å²) in [6.45, 7) is 16.5. The predicted molar refractivity (Wildman–Crippen MR) is 207 cm³/mol. The molecule has 0 aliphatic carbocycles. The first-order chi connectivity index (χ1) is 26.2. The molecule has 0 spiro atoms. The molecular formula is C40H61N7O9. The van der Waals surface area contributed by atoms with E-state index in [1.54, 1.807) is 85.7 Å². The van der Waals surface area contributed by atoms with Crippen molar-refractivity contribution in [2.24, 2.45) is 23.7 Å². The number of nitrogens with one attached hydrogen (secondary N) is 6. The zero-order chi connectivity index (χ0) is 42.0. The summed E-state index contributed by atoms with van der Waals surface area (Å²) in [5.74, 6) is -7.17. The molecule has 0 radical (unpaired) electrons. The zero-order valence-corrected chi connectivity index (χ0v) is 34.3. The molecule has 6 N–H and O–H groups in total. The Labute approximate surface area is 329 Å². The molecule has 7 amide bonds. The molecule has 2 fully saturated rings. The third kappa shape index (κ3) is 12.0. The summed E-state index contributed by atoms with van der Waals surface area (Å²) < 4.78 is 5.82. The minimum atomic E-state index is -1.58. The number of esters is 1. The van der Waals surface area contributed by atoms with Gasteiger partial charge in [0.15, 0.2) is 0 Å². The number of ether oxygens (including phenoxy) is 1. The molecule has 2 aliphatic rings. The predicted octanol–water partition coefficient (Wildman–Crippen LogP) is 0.718. The van der Waals surface area contributed by atoms with Crippen molar-refractivity contribution in [3.63, 3.8) is 0 Å².